The van der Waals surface area contributed by atoms with Crippen LogP contribution in [-0.4, -0.2) is 63.9 Å². The van der Waals surface area contributed by atoms with E-state index >= 15 is 0 Å². The highest BCUT2D eigenvalue weighted by Gasteiger charge is 2.24. The molecule has 0 radical (unpaired) electrons. The molecule has 0 aliphatic carbocycles. The second-order valence-electron chi connectivity index (χ2n) is 7.32. The molecule has 2 amide bonds. The predicted octanol–water partition coefficient (Wildman–Crippen LogP) is 2.84. The Bertz CT molecular complexity index is 919. The predicted molar refractivity (Wildman–Crippen MR) is 109 cm³/mol. The third-order valence-corrected chi connectivity index (χ3v) is 5.40. The lowest BCUT2D eigenvalue weighted by molar-refractivity contribution is 0.0744. The number of carbonyl (C=O) groups excluding carboxylic acids is 2. The van der Waals surface area contributed by atoms with Crippen molar-refractivity contribution in [3.8, 4) is 6.07 Å². The lowest BCUT2D eigenvalue weighted by Gasteiger charge is -2.32. The molecule has 10 heteroatoms. The van der Waals surface area contributed by atoms with Gasteiger partial charge in [-0.1, -0.05) is 16.8 Å². The molecule has 1 N–H and O–H groups in total. The third kappa shape index (κ3) is 5.70. The maximum absolute atomic E-state index is 12.3. The number of amides is 2. The fraction of sp³-hybridized carbons (Fsp3) is 0.450. The van der Waals surface area contributed by atoms with Crippen LogP contribution < -0.4 is 0 Å². The fourth-order valence-corrected chi connectivity index (χ4v) is 3.68. The molecule has 2 aromatic rings. The molecular formula is C20H23ClN6O3. The number of hydrogen-bond donors (Lipinski definition) is 1. The zero-order valence-electron chi connectivity index (χ0n) is 16.7. The van der Waals surface area contributed by atoms with Crippen LogP contribution in [0.5, 0.6) is 0 Å². The van der Waals surface area contributed by atoms with Crippen molar-refractivity contribution in [3.05, 3.63) is 46.2 Å². The van der Waals surface area contributed by atoms with Gasteiger partial charge in [0.2, 0.25) is 0 Å². The maximum Gasteiger partial charge on any atom is 0.410 e. The van der Waals surface area contributed by atoms with E-state index < -0.39 is 0 Å². The molecule has 3 rings (SSSR count). The molecule has 9 nitrogen and oxygen atoms in total. The summed E-state index contributed by atoms with van der Waals surface area (Å²) in [6.07, 6.45) is 3.69. The number of piperidine rings is 1. The summed E-state index contributed by atoms with van der Waals surface area (Å²) < 4.78 is 5.38. The molecule has 1 saturated heterocycles. The zero-order chi connectivity index (χ0) is 21.5. The largest absolute Gasteiger partial charge is 0.445 e. The standard InChI is InChI=1S/C20H23ClN6O3/c1-26(19(28)18-12-23-25-24-18)5-2-14-3-6-27(7-4-14)20(29)30-13-16-8-15(11-22)9-17(21)10-16/h8-10,12,14H,2-7,13H2,1H3,(H,23,24,25). The van der Waals surface area contributed by atoms with Crippen LogP contribution in [0.15, 0.2) is 24.4 Å². The number of carbonyl (C=O) groups is 2. The van der Waals surface area contributed by atoms with Gasteiger partial charge in [-0.05, 0) is 48.9 Å². The summed E-state index contributed by atoms with van der Waals surface area (Å²) in [6, 6.07) is 6.93. The monoisotopic (exact) mass is 430 g/mol. The first-order valence-electron chi connectivity index (χ1n) is 9.69. The molecule has 2 heterocycles. The Morgan fingerprint density at radius 1 is 1.37 bits per heavy atom. The average molecular weight is 431 g/mol. The van der Waals surface area contributed by atoms with Crippen molar-refractivity contribution >= 4 is 23.6 Å². The molecule has 1 aromatic heterocycles. The van der Waals surface area contributed by atoms with Crippen LogP contribution >= 0.6 is 11.6 Å². The number of rotatable bonds is 6. The molecule has 0 saturated carbocycles. The van der Waals surface area contributed by atoms with Crippen LogP contribution in [0.3, 0.4) is 0 Å². The first-order chi connectivity index (χ1) is 14.5. The van der Waals surface area contributed by atoms with Crippen molar-refractivity contribution in [1.29, 1.82) is 5.26 Å². The summed E-state index contributed by atoms with van der Waals surface area (Å²) in [5, 5.41) is 19.3. The van der Waals surface area contributed by atoms with E-state index in [1.807, 2.05) is 6.07 Å². The van der Waals surface area contributed by atoms with Crippen LogP contribution in [0.4, 0.5) is 4.79 Å². The summed E-state index contributed by atoms with van der Waals surface area (Å²) in [5.41, 5.74) is 1.42. The van der Waals surface area contributed by atoms with Crippen LogP contribution in [0.25, 0.3) is 0 Å². The van der Waals surface area contributed by atoms with Gasteiger partial charge in [0, 0.05) is 31.7 Å². The number of hydrogen-bond acceptors (Lipinski definition) is 6. The van der Waals surface area contributed by atoms with Gasteiger partial charge in [-0.2, -0.15) is 5.26 Å². The molecule has 0 atom stereocenters. The first kappa shape index (κ1) is 21.6. The highest BCUT2D eigenvalue weighted by molar-refractivity contribution is 6.30. The quantitative estimate of drug-likeness (QED) is 0.753. The Balaban J connectivity index is 1.39. The zero-order valence-corrected chi connectivity index (χ0v) is 17.4. The van der Waals surface area contributed by atoms with E-state index in [1.54, 1.807) is 35.0 Å². The van der Waals surface area contributed by atoms with Gasteiger partial charge in [0.05, 0.1) is 17.8 Å². The summed E-state index contributed by atoms with van der Waals surface area (Å²) in [7, 11) is 1.75. The van der Waals surface area contributed by atoms with Gasteiger partial charge in [0.15, 0.2) is 5.69 Å². The SMILES string of the molecule is CN(CCC1CCN(C(=O)OCc2cc(Cl)cc(C#N)c2)CC1)C(=O)c1c[nH]nn1. The molecule has 0 spiro atoms. The summed E-state index contributed by atoms with van der Waals surface area (Å²) in [6.45, 7) is 1.92. The van der Waals surface area contributed by atoms with E-state index in [9.17, 15) is 9.59 Å². The third-order valence-electron chi connectivity index (χ3n) is 5.18. The number of aromatic nitrogens is 3. The van der Waals surface area contributed by atoms with E-state index in [2.05, 4.69) is 15.4 Å². The highest BCUT2D eigenvalue weighted by atomic mass is 35.5. The van der Waals surface area contributed by atoms with E-state index in [-0.39, 0.29) is 18.6 Å². The minimum absolute atomic E-state index is 0.0724. The lowest BCUT2D eigenvalue weighted by Crippen LogP contribution is -2.39. The first-order valence-corrected chi connectivity index (χ1v) is 10.1. The topological polar surface area (TPSA) is 115 Å². The van der Waals surface area contributed by atoms with Crippen molar-refractivity contribution in [3.63, 3.8) is 0 Å². The van der Waals surface area contributed by atoms with Gasteiger partial charge in [-0.15, -0.1) is 5.10 Å². The van der Waals surface area contributed by atoms with Crippen molar-refractivity contribution in [1.82, 2.24) is 25.2 Å². The Morgan fingerprint density at radius 3 is 2.80 bits per heavy atom. The smallest absolute Gasteiger partial charge is 0.410 e. The van der Waals surface area contributed by atoms with Crippen LogP contribution in [0.1, 0.15) is 40.9 Å². The number of ether oxygens (including phenoxy) is 1. The molecule has 0 unspecified atom stereocenters. The van der Waals surface area contributed by atoms with Crippen molar-refractivity contribution < 1.29 is 14.3 Å². The second kappa shape index (κ2) is 10.1. The molecule has 1 aliphatic heterocycles. The molecule has 1 fully saturated rings. The van der Waals surface area contributed by atoms with Gasteiger partial charge < -0.3 is 14.5 Å². The number of benzene rings is 1. The summed E-state index contributed by atoms with van der Waals surface area (Å²) >= 11 is 5.97. The van der Waals surface area contributed by atoms with Gasteiger partial charge >= 0.3 is 6.09 Å². The van der Waals surface area contributed by atoms with Gasteiger partial charge in [0.1, 0.15) is 6.61 Å². The number of nitrogens with one attached hydrogen (secondary N) is 1. The summed E-state index contributed by atoms with van der Waals surface area (Å²) in [5.74, 6) is 0.276. The minimum Gasteiger partial charge on any atom is -0.445 e. The number of likely N-dealkylation sites (tertiary alicyclic amines) is 1. The van der Waals surface area contributed by atoms with Crippen molar-refractivity contribution in [2.24, 2.45) is 5.92 Å². The average Bonchev–Trinajstić information content (AvgIpc) is 3.30. The van der Waals surface area contributed by atoms with Crippen LogP contribution in [-0.2, 0) is 11.3 Å². The minimum atomic E-state index is -0.370. The highest BCUT2D eigenvalue weighted by Crippen LogP contribution is 2.22. The number of nitrogens with zero attached hydrogens (tertiary/aromatic N) is 5. The number of H-pyrrole nitrogens is 1. The normalized spacial score (nSPS) is 14.2. The molecule has 158 valence electrons. The van der Waals surface area contributed by atoms with Crippen molar-refractivity contribution in [2.45, 2.75) is 25.9 Å². The Morgan fingerprint density at radius 2 is 2.13 bits per heavy atom. The van der Waals surface area contributed by atoms with Crippen LogP contribution in [0, 0.1) is 17.2 Å². The molecular weight excluding hydrogens is 408 g/mol. The Hall–Kier alpha value is -3.12. The number of halogens is 1. The molecule has 30 heavy (non-hydrogen) atoms. The van der Waals surface area contributed by atoms with E-state index in [1.165, 1.54) is 6.20 Å². The summed E-state index contributed by atoms with van der Waals surface area (Å²) in [4.78, 5) is 27.8. The number of nitriles is 1. The molecule has 0 bridgehead atoms. The van der Waals surface area contributed by atoms with Crippen molar-refractivity contribution in [2.75, 3.05) is 26.7 Å². The Kier molecular flexibility index (Phi) is 7.25. The maximum atomic E-state index is 12.3. The van der Waals surface area contributed by atoms with E-state index in [0.717, 1.165) is 19.3 Å². The number of aromatic amines is 1. The Labute approximate surface area is 179 Å². The lowest BCUT2D eigenvalue weighted by atomic mass is 9.93. The fourth-order valence-electron chi connectivity index (χ4n) is 3.42. The van der Waals surface area contributed by atoms with Gasteiger partial charge in [-0.25, -0.2) is 4.79 Å². The van der Waals surface area contributed by atoms with Gasteiger partial charge in [-0.3, -0.25) is 9.89 Å². The van der Waals surface area contributed by atoms with E-state index in [0.29, 0.717) is 47.4 Å². The van der Waals surface area contributed by atoms with Gasteiger partial charge in [0.25, 0.3) is 5.91 Å². The van der Waals surface area contributed by atoms with Crippen LogP contribution in [0.2, 0.25) is 5.02 Å². The second-order valence-corrected chi connectivity index (χ2v) is 7.76. The molecule has 1 aromatic carbocycles. The molecule has 1 aliphatic rings. The van der Waals surface area contributed by atoms with E-state index in [4.69, 9.17) is 21.6 Å².